The molecule has 8 nitrogen and oxygen atoms in total. The molecule has 0 saturated heterocycles. The van der Waals surface area contributed by atoms with Crippen molar-refractivity contribution < 1.29 is 18.9 Å². The first kappa shape index (κ1) is 17.6. The Kier molecular flexibility index (Phi) is 4.99. The van der Waals surface area contributed by atoms with Crippen LogP contribution in [0.15, 0.2) is 56.5 Å². The predicted octanol–water partition coefficient (Wildman–Crippen LogP) is 3.88. The summed E-state index contributed by atoms with van der Waals surface area (Å²) in [6, 6.07) is 11.7. The number of nitrogens with zero attached hydrogens (tertiary/aromatic N) is 2. The Morgan fingerprint density at radius 3 is 2.81 bits per heavy atom. The highest BCUT2D eigenvalue weighted by Crippen LogP contribution is 2.35. The molecule has 3 aromatic rings. The lowest BCUT2D eigenvalue weighted by Crippen LogP contribution is -2.16. The van der Waals surface area contributed by atoms with Gasteiger partial charge in [0.15, 0.2) is 5.76 Å². The second-order valence-corrected chi connectivity index (χ2v) is 6.01. The number of hydrogen-bond donors (Lipinski definition) is 1. The Morgan fingerprint density at radius 1 is 1.35 bits per heavy atom. The van der Waals surface area contributed by atoms with Crippen LogP contribution < -0.4 is 10.2 Å². The molecular weight excluding hydrogens is 406 g/mol. The van der Waals surface area contributed by atoms with Crippen LogP contribution in [-0.4, -0.2) is 24.2 Å². The SMILES string of the molecule is COc1c(Br)cc(/C=N/NC(=O)c2cc3ccccc3o2)cc1[N+](=O)[O-]. The third-order valence-corrected chi connectivity index (χ3v) is 4.07. The van der Waals surface area contributed by atoms with E-state index in [0.717, 1.165) is 5.39 Å². The number of nitro benzene ring substituents is 1. The van der Waals surface area contributed by atoms with Crippen molar-refractivity contribution in [3.05, 3.63) is 68.4 Å². The van der Waals surface area contributed by atoms with Crippen molar-refractivity contribution in [2.24, 2.45) is 5.10 Å². The highest BCUT2D eigenvalue weighted by Gasteiger charge is 2.19. The minimum absolute atomic E-state index is 0.110. The van der Waals surface area contributed by atoms with Crippen LogP contribution in [0.4, 0.5) is 5.69 Å². The molecule has 0 saturated carbocycles. The number of nitro groups is 1. The summed E-state index contributed by atoms with van der Waals surface area (Å²) in [5.74, 6) is -0.303. The summed E-state index contributed by atoms with van der Waals surface area (Å²) >= 11 is 3.21. The molecule has 3 rings (SSSR count). The average molecular weight is 418 g/mol. The van der Waals surface area contributed by atoms with Crippen LogP contribution in [0.25, 0.3) is 11.0 Å². The van der Waals surface area contributed by atoms with Crippen LogP contribution in [0.3, 0.4) is 0 Å². The zero-order chi connectivity index (χ0) is 18.7. The van der Waals surface area contributed by atoms with Crippen molar-refractivity contribution in [3.8, 4) is 5.75 Å². The fourth-order valence-corrected chi connectivity index (χ4v) is 2.96. The number of halogens is 1. The number of nitrogens with one attached hydrogen (secondary N) is 1. The van der Waals surface area contributed by atoms with E-state index in [2.05, 4.69) is 26.5 Å². The molecular formula is C17H12BrN3O5. The van der Waals surface area contributed by atoms with Crippen LogP contribution in [0.1, 0.15) is 16.1 Å². The van der Waals surface area contributed by atoms with E-state index in [4.69, 9.17) is 9.15 Å². The van der Waals surface area contributed by atoms with Gasteiger partial charge in [0.1, 0.15) is 5.58 Å². The Balaban J connectivity index is 1.77. The Morgan fingerprint density at radius 2 is 2.12 bits per heavy atom. The quantitative estimate of drug-likeness (QED) is 0.385. The molecule has 1 heterocycles. The van der Waals surface area contributed by atoms with Gasteiger partial charge in [0, 0.05) is 17.0 Å². The zero-order valence-electron chi connectivity index (χ0n) is 13.4. The molecule has 1 N–H and O–H groups in total. The number of para-hydroxylation sites is 1. The standard InChI is InChI=1S/C17H12BrN3O5/c1-25-16-12(18)6-10(7-13(16)21(23)24)9-19-20-17(22)15-8-11-4-2-3-5-14(11)26-15/h2-9H,1H3,(H,20,22)/b19-9+. The second-order valence-electron chi connectivity index (χ2n) is 5.16. The van der Waals surface area contributed by atoms with Gasteiger partial charge in [-0.25, -0.2) is 5.43 Å². The van der Waals surface area contributed by atoms with Gasteiger partial charge >= 0.3 is 11.6 Å². The van der Waals surface area contributed by atoms with E-state index in [0.29, 0.717) is 15.6 Å². The number of furan rings is 1. The second kappa shape index (κ2) is 7.36. The van der Waals surface area contributed by atoms with E-state index in [-0.39, 0.29) is 17.2 Å². The summed E-state index contributed by atoms with van der Waals surface area (Å²) in [6.45, 7) is 0. The van der Waals surface area contributed by atoms with Gasteiger partial charge in [0.05, 0.1) is 22.7 Å². The summed E-state index contributed by atoms with van der Waals surface area (Å²) in [6.07, 6.45) is 1.29. The largest absolute Gasteiger partial charge is 0.489 e. The van der Waals surface area contributed by atoms with Crippen LogP contribution >= 0.6 is 15.9 Å². The van der Waals surface area contributed by atoms with Gasteiger partial charge in [0.2, 0.25) is 5.75 Å². The third kappa shape index (κ3) is 3.57. The Bertz CT molecular complexity index is 995. The summed E-state index contributed by atoms with van der Waals surface area (Å²) < 4.78 is 10.8. The first-order valence-corrected chi connectivity index (χ1v) is 8.13. The van der Waals surface area contributed by atoms with E-state index in [1.165, 1.54) is 19.4 Å². The molecule has 0 atom stereocenters. The molecule has 0 aliphatic rings. The minimum Gasteiger partial charge on any atom is -0.489 e. The Hall–Kier alpha value is -3.20. The zero-order valence-corrected chi connectivity index (χ0v) is 15.0. The molecule has 0 aliphatic carbocycles. The minimum atomic E-state index is -0.562. The number of hydrazone groups is 1. The fraction of sp³-hybridized carbons (Fsp3) is 0.0588. The fourth-order valence-electron chi connectivity index (χ4n) is 2.33. The van der Waals surface area contributed by atoms with Crippen molar-refractivity contribution in [2.45, 2.75) is 0 Å². The summed E-state index contributed by atoms with van der Waals surface area (Å²) in [5, 5.41) is 15.7. The van der Waals surface area contributed by atoms with Crippen molar-refractivity contribution in [2.75, 3.05) is 7.11 Å². The monoisotopic (exact) mass is 417 g/mol. The molecule has 0 radical (unpaired) electrons. The molecule has 0 spiro atoms. The van der Waals surface area contributed by atoms with Gasteiger partial charge < -0.3 is 9.15 Å². The molecule has 1 aromatic heterocycles. The molecule has 132 valence electrons. The smallest absolute Gasteiger partial charge is 0.312 e. The number of fused-ring (bicyclic) bond motifs is 1. The first-order chi connectivity index (χ1) is 12.5. The molecule has 0 bridgehead atoms. The highest BCUT2D eigenvalue weighted by molar-refractivity contribution is 9.10. The van der Waals surface area contributed by atoms with Crippen molar-refractivity contribution in [1.29, 1.82) is 0 Å². The van der Waals surface area contributed by atoms with Gasteiger partial charge in [-0.3, -0.25) is 14.9 Å². The lowest BCUT2D eigenvalue weighted by molar-refractivity contribution is -0.385. The van der Waals surface area contributed by atoms with E-state index in [1.807, 2.05) is 12.1 Å². The number of benzene rings is 2. The number of hydrogen-bond acceptors (Lipinski definition) is 6. The maximum absolute atomic E-state index is 12.1. The molecule has 0 aliphatic heterocycles. The van der Waals surface area contributed by atoms with Gasteiger partial charge in [-0.05, 0) is 34.1 Å². The first-order valence-electron chi connectivity index (χ1n) is 7.33. The van der Waals surface area contributed by atoms with E-state index in [9.17, 15) is 14.9 Å². The average Bonchev–Trinajstić information content (AvgIpc) is 3.05. The summed E-state index contributed by atoms with van der Waals surface area (Å²) in [7, 11) is 1.34. The molecule has 9 heteroatoms. The van der Waals surface area contributed by atoms with E-state index >= 15 is 0 Å². The predicted molar refractivity (Wildman–Crippen MR) is 98.6 cm³/mol. The number of amides is 1. The van der Waals surface area contributed by atoms with Crippen LogP contribution in [0.2, 0.25) is 0 Å². The molecule has 0 fully saturated rings. The maximum Gasteiger partial charge on any atom is 0.312 e. The number of carbonyl (C=O) groups excluding carboxylic acids is 1. The topological polar surface area (TPSA) is 107 Å². The molecule has 1 amide bonds. The number of rotatable bonds is 5. The van der Waals surface area contributed by atoms with Crippen LogP contribution in [-0.2, 0) is 0 Å². The normalized spacial score (nSPS) is 11.0. The van der Waals surface area contributed by atoms with E-state index in [1.54, 1.807) is 24.3 Å². The Labute approximate surface area is 155 Å². The van der Waals surface area contributed by atoms with E-state index < -0.39 is 10.8 Å². The number of carbonyl (C=O) groups is 1. The van der Waals surface area contributed by atoms with Crippen molar-refractivity contribution in [1.82, 2.24) is 5.43 Å². The molecule has 2 aromatic carbocycles. The van der Waals surface area contributed by atoms with Crippen LogP contribution in [0, 0.1) is 10.1 Å². The maximum atomic E-state index is 12.1. The van der Waals surface area contributed by atoms with Gasteiger partial charge in [-0.1, -0.05) is 18.2 Å². The lowest BCUT2D eigenvalue weighted by Gasteiger charge is -2.05. The van der Waals surface area contributed by atoms with Crippen molar-refractivity contribution >= 4 is 44.7 Å². The summed E-state index contributed by atoms with van der Waals surface area (Å²) in [4.78, 5) is 22.6. The third-order valence-electron chi connectivity index (χ3n) is 3.48. The number of methoxy groups -OCH3 is 1. The molecule has 26 heavy (non-hydrogen) atoms. The van der Waals surface area contributed by atoms with Gasteiger partial charge in [0.25, 0.3) is 0 Å². The molecule has 0 unspecified atom stereocenters. The highest BCUT2D eigenvalue weighted by atomic mass is 79.9. The summed E-state index contributed by atoms with van der Waals surface area (Å²) in [5.41, 5.74) is 3.11. The lowest BCUT2D eigenvalue weighted by atomic mass is 10.2. The number of ether oxygens (including phenoxy) is 1. The van der Waals surface area contributed by atoms with Crippen molar-refractivity contribution in [3.63, 3.8) is 0 Å². The van der Waals surface area contributed by atoms with Gasteiger partial charge in [-0.2, -0.15) is 5.10 Å². The van der Waals surface area contributed by atoms with Crippen LogP contribution in [0.5, 0.6) is 5.75 Å². The van der Waals surface area contributed by atoms with Gasteiger partial charge in [-0.15, -0.1) is 0 Å².